The Morgan fingerprint density at radius 3 is 2.80 bits per heavy atom. The average molecular weight is 280 g/mol. The Kier molecular flexibility index (Phi) is 7.04. The highest BCUT2D eigenvalue weighted by Gasteiger charge is 2.16. The van der Waals surface area contributed by atoms with E-state index in [-0.39, 0.29) is 5.91 Å². The Morgan fingerprint density at radius 1 is 1.40 bits per heavy atom. The minimum atomic E-state index is -0.485. The Labute approximate surface area is 120 Å². The summed E-state index contributed by atoms with van der Waals surface area (Å²) in [7, 11) is 5.12. The highest BCUT2D eigenvalue weighted by atomic mass is 16.5. The number of nitrogens with one attached hydrogen (secondary N) is 1. The van der Waals surface area contributed by atoms with Crippen molar-refractivity contribution in [3.05, 3.63) is 29.8 Å². The molecule has 0 bridgehead atoms. The topological polar surface area (TPSA) is 50.8 Å². The summed E-state index contributed by atoms with van der Waals surface area (Å²) in [5, 5.41) is 3.27. The van der Waals surface area contributed by atoms with Crippen LogP contribution in [0.15, 0.2) is 24.3 Å². The average Bonchev–Trinajstić information content (AvgIpc) is 2.43. The lowest BCUT2D eigenvalue weighted by molar-refractivity contribution is -0.135. The van der Waals surface area contributed by atoms with Crippen LogP contribution in [0, 0.1) is 0 Å². The first-order chi connectivity index (χ1) is 9.54. The van der Waals surface area contributed by atoms with E-state index in [2.05, 4.69) is 5.32 Å². The quantitative estimate of drug-likeness (QED) is 0.729. The van der Waals surface area contributed by atoms with Crippen molar-refractivity contribution in [2.45, 2.75) is 19.6 Å². The van der Waals surface area contributed by atoms with E-state index in [1.165, 1.54) is 4.90 Å². The van der Waals surface area contributed by atoms with Crippen LogP contribution in [0.3, 0.4) is 0 Å². The summed E-state index contributed by atoms with van der Waals surface area (Å²) >= 11 is 0. The molecule has 1 atom stereocenters. The van der Waals surface area contributed by atoms with Gasteiger partial charge in [0.05, 0.1) is 6.61 Å². The van der Waals surface area contributed by atoms with Crippen LogP contribution >= 0.6 is 0 Å². The van der Waals surface area contributed by atoms with Gasteiger partial charge in [-0.15, -0.1) is 0 Å². The summed E-state index contributed by atoms with van der Waals surface area (Å²) in [5.41, 5.74) is 1.11. The second-order valence-corrected chi connectivity index (χ2v) is 4.81. The first-order valence-corrected chi connectivity index (χ1v) is 6.71. The molecular weight excluding hydrogens is 256 g/mol. The van der Waals surface area contributed by atoms with E-state index in [9.17, 15) is 4.79 Å². The summed E-state index contributed by atoms with van der Waals surface area (Å²) in [6.07, 6.45) is -0.485. The standard InChI is InChI=1S/C15H24N2O3/c1-12(15(18)17(2)3)20-14-7-5-6-13(10-14)11-16-8-9-19-4/h5-7,10,12,16H,8-9,11H2,1-4H3. The molecule has 0 saturated heterocycles. The van der Waals surface area contributed by atoms with Gasteiger partial charge in [0, 0.05) is 34.3 Å². The molecule has 1 aromatic carbocycles. The molecular formula is C15H24N2O3. The molecule has 1 unspecified atom stereocenters. The van der Waals surface area contributed by atoms with Crippen molar-refractivity contribution in [3.63, 3.8) is 0 Å². The largest absolute Gasteiger partial charge is 0.481 e. The number of benzene rings is 1. The minimum Gasteiger partial charge on any atom is -0.481 e. The zero-order valence-electron chi connectivity index (χ0n) is 12.7. The van der Waals surface area contributed by atoms with Crippen molar-refractivity contribution in [1.29, 1.82) is 0 Å². The zero-order chi connectivity index (χ0) is 15.0. The Balaban J connectivity index is 2.53. The maximum Gasteiger partial charge on any atom is 0.262 e. The van der Waals surface area contributed by atoms with Crippen LogP contribution in [-0.2, 0) is 16.1 Å². The fourth-order valence-electron chi connectivity index (χ4n) is 1.75. The van der Waals surface area contributed by atoms with Crippen LogP contribution in [0.25, 0.3) is 0 Å². The lowest BCUT2D eigenvalue weighted by atomic mass is 10.2. The van der Waals surface area contributed by atoms with Crippen LogP contribution < -0.4 is 10.1 Å². The van der Waals surface area contributed by atoms with Crippen molar-refractivity contribution < 1.29 is 14.3 Å². The van der Waals surface area contributed by atoms with E-state index in [1.54, 1.807) is 28.1 Å². The number of ether oxygens (including phenoxy) is 2. The van der Waals surface area contributed by atoms with Crippen LogP contribution in [-0.4, -0.2) is 51.3 Å². The van der Waals surface area contributed by atoms with Crippen LogP contribution in [0.2, 0.25) is 0 Å². The molecule has 0 saturated carbocycles. The van der Waals surface area contributed by atoms with Crippen LogP contribution in [0.1, 0.15) is 12.5 Å². The molecule has 0 fully saturated rings. The van der Waals surface area contributed by atoms with E-state index in [0.29, 0.717) is 12.4 Å². The van der Waals surface area contributed by atoms with Gasteiger partial charge in [-0.1, -0.05) is 12.1 Å². The maximum absolute atomic E-state index is 11.8. The summed E-state index contributed by atoms with van der Waals surface area (Å²) in [4.78, 5) is 13.3. The van der Waals surface area contributed by atoms with Crippen molar-refractivity contribution in [2.75, 3.05) is 34.4 Å². The fourth-order valence-corrected chi connectivity index (χ4v) is 1.75. The van der Waals surface area contributed by atoms with Gasteiger partial charge in [0.2, 0.25) is 0 Å². The number of nitrogens with zero attached hydrogens (tertiary/aromatic N) is 1. The van der Waals surface area contributed by atoms with Crippen molar-refractivity contribution in [1.82, 2.24) is 10.2 Å². The first kappa shape index (κ1) is 16.5. The molecule has 0 spiro atoms. The highest BCUT2D eigenvalue weighted by molar-refractivity contribution is 5.80. The number of methoxy groups -OCH3 is 1. The van der Waals surface area contributed by atoms with Crippen molar-refractivity contribution in [2.24, 2.45) is 0 Å². The number of hydrogen-bond donors (Lipinski definition) is 1. The van der Waals surface area contributed by atoms with Gasteiger partial charge in [0.25, 0.3) is 5.91 Å². The fraction of sp³-hybridized carbons (Fsp3) is 0.533. The summed E-state index contributed by atoms with van der Waals surface area (Å²) in [6, 6.07) is 7.75. The smallest absolute Gasteiger partial charge is 0.262 e. The Bertz CT molecular complexity index is 421. The third kappa shape index (κ3) is 5.59. The molecule has 1 N–H and O–H groups in total. The van der Waals surface area contributed by atoms with Gasteiger partial charge in [0.1, 0.15) is 5.75 Å². The number of rotatable bonds is 8. The molecule has 5 nitrogen and oxygen atoms in total. The number of amides is 1. The first-order valence-electron chi connectivity index (χ1n) is 6.71. The van der Waals surface area contributed by atoms with E-state index >= 15 is 0 Å². The van der Waals surface area contributed by atoms with Gasteiger partial charge in [-0.2, -0.15) is 0 Å². The third-order valence-corrected chi connectivity index (χ3v) is 2.81. The molecule has 112 valence electrons. The molecule has 0 aliphatic carbocycles. The van der Waals surface area contributed by atoms with E-state index in [0.717, 1.165) is 18.7 Å². The van der Waals surface area contributed by atoms with E-state index < -0.39 is 6.10 Å². The van der Waals surface area contributed by atoms with Gasteiger partial charge in [-0.25, -0.2) is 0 Å². The summed E-state index contributed by atoms with van der Waals surface area (Å²) < 4.78 is 10.6. The molecule has 0 radical (unpaired) electrons. The molecule has 0 aliphatic rings. The normalized spacial score (nSPS) is 12.0. The van der Waals surface area contributed by atoms with Gasteiger partial charge in [-0.3, -0.25) is 4.79 Å². The molecule has 20 heavy (non-hydrogen) atoms. The minimum absolute atomic E-state index is 0.0476. The second kappa shape index (κ2) is 8.55. The maximum atomic E-state index is 11.8. The molecule has 1 aromatic rings. The van der Waals surface area contributed by atoms with Crippen molar-refractivity contribution >= 4 is 5.91 Å². The SMILES string of the molecule is COCCNCc1cccc(OC(C)C(=O)N(C)C)c1. The number of carbonyl (C=O) groups excluding carboxylic acids is 1. The molecule has 0 aliphatic heterocycles. The molecule has 1 amide bonds. The molecule has 0 aromatic heterocycles. The van der Waals surface area contributed by atoms with E-state index in [4.69, 9.17) is 9.47 Å². The van der Waals surface area contributed by atoms with Crippen LogP contribution in [0.4, 0.5) is 0 Å². The predicted octanol–water partition coefficient (Wildman–Crippen LogP) is 1.28. The predicted molar refractivity (Wildman–Crippen MR) is 78.8 cm³/mol. The lowest BCUT2D eigenvalue weighted by Gasteiger charge is -2.18. The highest BCUT2D eigenvalue weighted by Crippen LogP contribution is 2.15. The number of hydrogen-bond acceptors (Lipinski definition) is 4. The van der Waals surface area contributed by atoms with Gasteiger partial charge < -0.3 is 19.7 Å². The zero-order valence-corrected chi connectivity index (χ0v) is 12.7. The molecule has 1 rings (SSSR count). The van der Waals surface area contributed by atoms with Gasteiger partial charge in [0.15, 0.2) is 6.10 Å². The van der Waals surface area contributed by atoms with Crippen molar-refractivity contribution in [3.8, 4) is 5.75 Å². The Morgan fingerprint density at radius 2 is 2.15 bits per heavy atom. The molecule has 0 heterocycles. The van der Waals surface area contributed by atoms with Crippen LogP contribution in [0.5, 0.6) is 5.75 Å². The number of likely N-dealkylation sites (N-methyl/N-ethyl adjacent to an activating group) is 1. The number of carbonyl (C=O) groups is 1. The lowest BCUT2D eigenvalue weighted by Crippen LogP contribution is -2.35. The summed E-state index contributed by atoms with van der Waals surface area (Å²) in [5.74, 6) is 0.660. The summed E-state index contributed by atoms with van der Waals surface area (Å²) in [6.45, 7) is 3.99. The van der Waals surface area contributed by atoms with Gasteiger partial charge >= 0.3 is 0 Å². The second-order valence-electron chi connectivity index (χ2n) is 4.81. The Hall–Kier alpha value is -1.59. The van der Waals surface area contributed by atoms with Gasteiger partial charge in [-0.05, 0) is 24.6 Å². The van der Waals surface area contributed by atoms with E-state index in [1.807, 2.05) is 24.3 Å². The molecule has 5 heteroatoms. The monoisotopic (exact) mass is 280 g/mol. The third-order valence-electron chi connectivity index (χ3n) is 2.81.